The molecule has 2 rings (SSSR count). The van der Waals surface area contributed by atoms with Crippen LogP contribution in [0.4, 0.5) is 5.82 Å². The number of rotatable bonds is 6. The van der Waals surface area contributed by atoms with Crippen LogP contribution >= 0.6 is 0 Å². The fraction of sp³-hybridized carbons (Fsp3) is 0.667. The van der Waals surface area contributed by atoms with Gasteiger partial charge in [-0.05, 0) is 38.3 Å². The van der Waals surface area contributed by atoms with Gasteiger partial charge in [0, 0.05) is 30.9 Å². The van der Waals surface area contributed by atoms with Gasteiger partial charge in [-0.25, -0.2) is 4.98 Å². The highest BCUT2D eigenvalue weighted by Crippen LogP contribution is 2.30. The van der Waals surface area contributed by atoms with E-state index in [2.05, 4.69) is 50.0 Å². The van der Waals surface area contributed by atoms with Crippen molar-refractivity contribution in [2.75, 3.05) is 11.4 Å². The fourth-order valence-corrected chi connectivity index (χ4v) is 2.23. The molecule has 3 nitrogen and oxygen atoms in total. The molecule has 0 radical (unpaired) electrons. The second-order valence-corrected chi connectivity index (χ2v) is 5.47. The number of nitrogens with zero attached hydrogens (tertiary/aromatic N) is 2. The average Bonchev–Trinajstić information content (AvgIpc) is 3.13. The lowest BCUT2D eigenvalue weighted by Gasteiger charge is -2.22. The molecule has 0 amide bonds. The van der Waals surface area contributed by atoms with E-state index in [1.54, 1.807) is 0 Å². The number of hydrogen-bond acceptors (Lipinski definition) is 3. The predicted octanol–water partition coefficient (Wildman–Crippen LogP) is 2.88. The first-order valence-corrected chi connectivity index (χ1v) is 7.08. The van der Waals surface area contributed by atoms with Gasteiger partial charge >= 0.3 is 0 Å². The molecule has 18 heavy (non-hydrogen) atoms. The molecule has 0 bridgehead atoms. The van der Waals surface area contributed by atoms with Crippen molar-refractivity contribution in [3.63, 3.8) is 0 Å². The van der Waals surface area contributed by atoms with E-state index in [9.17, 15) is 0 Å². The molecule has 1 saturated carbocycles. The Hall–Kier alpha value is -1.09. The smallest absolute Gasteiger partial charge is 0.129 e. The lowest BCUT2D eigenvalue weighted by Crippen LogP contribution is -2.27. The maximum atomic E-state index is 4.77. The van der Waals surface area contributed by atoms with Gasteiger partial charge in [-0.15, -0.1) is 0 Å². The summed E-state index contributed by atoms with van der Waals surface area (Å²) in [5.74, 6) is 1.14. The highest BCUT2D eigenvalue weighted by Gasteiger charge is 2.28. The minimum Gasteiger partial charge on any atom is -0.354 e. The number of aromatic nitrogens is 1. The van der Waals surface area contributed by atoms with Gasteiger partial charge in [-0.3, -0.25) is 0 Å². The molecule has 1 aromatic heterocycles. The van der Waals surface area contributed by atoms with Crippen LogP contribution in [0, 0.1) is 6.92 Å². The zero-order valence-electron chi connectivity index (χ0n) is 12.0. The molecule has 0 unspecified atom stereocenters. The van der Waals surface area contributed by atoms with E-state index in [0.29, 0.717) is 6.04 Å². The Balaban J connectivity index is 2.08. The Bertz CT molecular complexity index is 397. The quantitative estimate of drug-likeness (QED) is 0.838. The van der Waals surface area contributed by atoms with E-state index in [4.69, 9.17) is 4.98 Å². The molecule has 0 spiro atoms. The van der Waals surface area contributed by atoms with E-state index in [-0.39, 0.29) is 0 Å². The van der Waals surface area contributed by atoms with Crippen LogP contribution in [0.1, 0.15) is 44.9 Å². The minimum absolute atomic E-state index is 0.516. The highest BCUT2D eigenvalue weighted by atomic mass is 15.2. The van der Waals surface area contributed by atoms with Crippen molar-refractivity contribution in [2.24, 2.45) is 0 Å². The van der Waals surface area contributed by atoms with E-state index >= 15 is 0 Å². The van der Waals surface area contributed by atoms with Crippen LogP contribution in [0.15, 0.2) is 12.1 Å². The molecule has 3 heteroatoms. The summed E-state index contributed by atoms with van der Waals surface area (Å²) in [6.45, 7) is 10.6. The molecule has 1 fully saturated rings. The maximum Gasteiger partial charge on any atom is 0.129 e. The van der Waals surface area contributed by atoms with Gasteiger partial charge in [-0.2, -0.15) is 0 Å². The third kappa shape index (κ3) is 3.22. The van der Waals surface area contributed by atoms with Crippen LogP contribution < -0.4 is 10.2 Å². The second kappa shape index (κ2) is 5.70. The zero-order chi connectivity index (χ0) is 13.1. The fourth-order valence-electron chi connectivity index (χ4n) is 2.23. The van der Waals surface area contributed by atoms with Gasteiger partial charge in [0.2, 0.25) is 0 Å². The van der Waals surface area contributed by atoms with Crippen LogP contribution in [0.2, 0.25) is 0 Å². The summed E-state index contributed by atoms with van der Waals surface area (Å²) in [7, 11) is 0. The molecule has 0 saturated heterocycles. The minimum atomic E-state index is 0.516. The average molecular weight is 247 g/mol. The van der Waals surface area contributed by atoms with Crippen molar-refractivity contribution in [3.8, 4) is 0 Å². The Labute approximate surface area is 111 Å². The van der Waals surface area contributed by atoms with Crippen LogP contribution in [-0.2, 0) is 6.54 Å². The van der Waals surface area contributed by atoms with Crippen molar-refractivity contribution >= 4 is 5.82 Å². The van der Waals surface area contributed by atoms with Crippen LogP contribution in [0.25, 0.3) is 0 Å². The maximum absolute atomic E-state index is 4.77. The molecule has 0 aromatic carbocycles. The van der Waals surface area contributed by atoms with Crippen molar-refractivity contribution < 1.29 is 0 Å². The Morgan fingerprint density at radius 3 is 2.61 bits per heavy atom. The number of nitrogens with one attached hydrogen (secondary N) is 1. The van der Waals surface area contributed by atoms with Gasteiger partial charge in [-0.1, -0.05) is 19.9 Å². The molecular formula is C15H25N3. The van der Waals surface area contributed by atoms with Gasteiger partial charge in [0.15, 0.2) is 0 Å². The van der Waals surface area contributed by atoms with E-state index in [1.165, 1.54) is 18.4 Å². The highest BCUT2D eigenvalue weighted by molar-refractivity contribution is 5.44. The second-order valence-electron chi connectivity index (χ2n) is 5.47. The summed E-state index contributed by atoms with van der Waals surface area (Å²) in [5.41, 5.74) is 2.46. The Morgan fingerprint density at radius 1 is 1.39 bits per heavy atom. The monoisotopic (exact) mass is 247 g/mol. The normalized spacial score (nSPS) is 15.2. The lowest BCUT2D eigenvalue weighted by molar-refractivity contribution is 0.586. The molecule has 100 valence electrons. The molecular weight excluding hydrogens is 222 g/mol. The zero-order valence-corrected chi connectivity index (χ0v) is 12.0. The molecule has 1 aliphatic carbocycles. The number of pyridine rings is 1. The van der Waals surface area contributed by atoms with Gasteiger partial charge in [0.1, 0.15) is 5.82 Å². The summed E-state index contributed by atoms with van der Waals surface area (Å²) in [6.07, 6.45) is 2.65. The van der Waals surface area contributed by atoms with Crippen molar-refractivity contribution in [3.05, 3.63) is 23.4 Å². The first-order valence-electron chi connectivity index (χ1n) is 7.08. The lowest BCUT2D eigenvalue weighted by atomic mass is 10.2. The Morgan fingerprint density at radius 2 is 2.11 bits per heavy atom. The van der Waals surface area contributed by atoms with E-state index in [1.807, 2.05) is 0 Å². The third-order valence-corrected chi connectivity index (χ3v) is 3.50. The predicted molar refractivity (Wildman–Crippen MR) is 77.0 cm³/mol. The number of anilines is 1. The van der Waals surface area contributed by atoms with E-state index in [0.717, 1.165) is 30.6 Å². The summed E-state index contributed by atoms with van der Waals surface area (Å²) in [4.78, 5) is 7.19. The summed E-state index contributed by atoms with van der Waals surface area (Å²) in [5, 5.41) is 3.45. The SMILES string of the molecule is CCN(c1ccc(CNC(C)C)c(C)n1)C1CC1. The van der Waals surface area contributed by atoms with Crippen LogP contribution in [-0.4, -0.2) is 23.6 Å². The van der Waals surface area contributed by atoms with Gasteiger partial charge < -0.3 is 10.2 Å². The molecule has 0 aliphatic heterocycles. The Kier molecular flexibility index (Phi) is 4.23. The summed E-state index contributed by atoms with van der Waals surface area (Å²) >= 11 is 0. The molecule has 1 heterocycles. The standard InChI is InChI=1S/C15H25N3/c1-5-18(14-7-8-14)15-9-6-13(12(4)17-15)10-16-11(2)3/h6,9,11,14,16H,5,7-8,10H2,1-4H3. The molecule has 1 N–H and O–H groups in total. The van der Waals surface area contributed by atoms with Gasteiger partial charge in [0.25, 0.3) is 0 Å². The number of aryl methyl sites for hydroxylation is 1. The first-order chi connectivity index (χ1) is 8.61. The van der Waals surface area contributed by atoms with Crippen molar-refractivity contribution in [1.29, 1.82) is 0 Å². The van der Waals surface area contributed by atoms with E-state index < -0.39 is 0 Å². The first kappa shape index (κ1) is 13.3. The van der Waals surface area contributed by atoms with Crippen molar-refractivity contribution in [1.82, 2.24) is 10.3 Å². The molecule has 0 atom stereocenters. The molecule has 1 aromatic rings. The topological polar surface area (TPSA) is 28.2 Å². The molecule has 1 aliphatic rings. The summed E-state index contributed by atoms with van der Waals surface area (Å²) < 4.78 is 0. The number of hydrogen-bond donors (Lipinski definition) is 1. The van der Waals surface area contributed by atoms with Gasteiger partial charge in [0.05, 0.1) is 0 Å². The third-order valence-electron chi connectivity index (χ3n) is 3.50. The van der Waals surface area contributed by atoms with Crippen molar-refractivity contribution in [2.45, 2.75) is 59.2 Å². The van der Waals surface area contributed by atoms with Crippen LogP contribution in [0.5, 0.6) is 0 Å². The van der Waals surface area contributed by atoms with Crippen LogP contribution in [0.3, 0.4) is 0 Å². The summed E-state index contributed by atoms with van der Waals surface area (Å²) in [6, 6.07) is 5.65. The largest absolute Gasteiger partial charge is 0.354 e.